The predicted octanol–water partition coefficient (Wildman–Crippen LogP) is 3.04. The van der Waals surface area contributed by atoms with Crippen LogP contribution in [0.15, 0.2) is 12.4 Å². The number of rotatable bonds is 2. The molecule has 0 N–H and O–H groups in total. The minimum atomic E-state index is -0.473. The van der Waals surface area contributed by atoms with Crippen molar-refractivity contribution in [2.45, 2.75) is 71.6 Å². The third kappa shape index (κ3) is 3.76. The lowest BCUT2D eigenvalue weighted by atomic mass is 9.69. The van der Waals surface area contributed by atoms with Crippen molar-refractivity contribution in [3.63, 3.8) is 0 Å². The molecule has 28 heavy (non-hydrogen) atoms. The molecule has 1 unspecified atom stereocenters. The summed E-state index contributed by atoms with van der Waals surface area (Å²) in [5, 5.41) is 0. The first kappa shape index (κ1) is 19.3. The molecule has 4 rings (SSSR count). The highest BCUT2D eigenvalue weighted by atomic mass is 16.6. The lowest BCUT2D eigenvalue weighted by Crippen LogP contribution is -2.54. The summed E-state index contributed by atoms with van der Waals surface area (Å²) in [5.74, 6) is 1.57. The maximum atomic E-state index is 12.7. The van der Waals surface area contributed by atoms with Crippen molar-refractivity contribution in [2.75, 3.05) is 19.6 Å². The van der Waals surface area contributed by atoms with E-state index in [-0.39, 0.29) is 17.4 Å². The largest absolute Gasteiger partial charge is 0.444 e. The number of aromatic nitrogens is 2. The summed E-state index contributed by atoms with van der Waals surface area (Å²) in [5.41, 5.74) is -0.360. The predicted molar refractivity (Wildman–Crippen MR) is 104 cm³/mol. The molecule has 0 radical (unpaired) electrons. The third-order valence-corrected chi connectivity index (χ3v) is 6.60. The van der Waals surface area contributed by atoms with Crippen molar-refractivity contribution >= 4 is 12.0 Å². The van der Waals surface area contributed by atoms with Gasteiger partial charge in [-0.25, -0.2) is 9.78 Å². The van der Waals surface area contributed by atoms with Crippen molar-refractivity contribution in [1.29, 1.82) is 0 Å². The van der Waals surface area contributed by atoms with Gasteiger partial charge in [0.25, 0.3) is 0 Å². The number of imidazole rings is 1. The van der Waals surface area contributed by atoms with Crippen LogP contribution in [-0.2, 0) is 22.6 Å². The molecule has 7 heteroatoms. The Labute approximate surface area is 167 Å². The maximum absolute atomic E-state index is 12.7. The zero-order chi connectivity index (χ0) is 19.9. The molecule has 1 atom stereocenters. The number of carbonyl (C=O) groups is 2. The van der Waals surface area contributed by atoms with Crippen LogP contribution in [-0.4, -0.2) is 56.6 Å². The molecular formula is C21H32N4O3. The standard InChI is InChI=1S/C21H32N4O3/c1-20(2,3)28-19(27)24-10-6-16(21(15-24)7-4-5-8-21)12-25-13-17-22-9-11-23(17)14-18(25)26/h9,11,16H,4-8,10,12-15H2,1-3H3. The van der Waals surface area contributed by atoms with E-state index in [1.54, 1.807) is 6.20 Å². The van der Waals surface area contributed by atoms with E-state index < -0.39 is 5.60 Å². The summed E-state index contributed by atoms with van der Waals surface area (Å²) in [6, 6.07) is 0. The minimum Gasteiger partial charge on any atom is -0.444 e. The van der Waals surface area contributed by atoms with E-state index in [9.17, 15) is 9.59 Å². The van der Waals surface area contributed by atoms with E-state index in [2.05, 4.69) is 4.98 Å². The highest BCUT2D eigenvalue weighted by Gasteiger charge is 2.47. The van der Waals surface area contributed by atoms with Gasteiger partial charge in [-0.2, -0.15) is 0 Å². The highest BCUT2D eigenvalue weighted by molar-refractivity contribution is 5.77. The molecular weight excluding hydrogens is 356 g/mol. The van der Waals surface area contributed by atoms with Crippen LogP contribution in [0.2, 0.25) is 0 Å². The van der Waals surface area contributed by atoms with Gasteiger partial charge in [0.05, 0.1) is 6.54 Å². The van der Waals surface area contributed by atoms with E-state index in [1.165, 1.54) is 12.8 Å². The Morgan fingerprint density at radius 1 is 1.29 bits per heavy atom. The number of piperidine rings is 1. The quantitative estimate of drug-likeness (QED) is 0.781. The molecule has 3 aliphatic rings. The van der Waals surface area contributed by atoms with E-state index in [0.717, 1.165) is 38.2 Å². The lowest BCUT2D eigenvalue weighted by molar-refractivity contribution is -0.136. The zero-order valence-electron chi connectivity index (χ0n) is 17.3. The molecule has 7 nitrogen and oxygen atoms in total. The second-order valence-electron chi connectivity index (χ2n) is 9.70. The Bertz CT molecular complexity index is 745. The summed E-state index contributed by atoms with van der Waals surface area (Å²) in [4.78, 5) is 33.6. The van der Waals surface area contributed by atoms with Crippen LogP contribution in [0.4, 0.5) is 4.79 Å². The van der Waals surface area contributed by atoms with Gasteiger partial charge in [0, 0.05) is 32.0 Å². The number of hydrogen-bond acceptors (Lipinski definition) is 4. The molecule has 1 saturated carbocycles. The average molecular weight is 389 g/mol. The first-order chi connectivity index (χ1) is 13.3. The summed E-state index contributed by atoms with van der Waals surface area (Å²) in [7, 11) is 0. The molecule has 1 saturated heterocycles. The topological polar surface area (TPSA) is 67.7 Å². The second-order valence-corrected chi connectivity index (χ2v) is 9.70. The zero-order valence-corrected chi connectivity index (χ0v) is 17.3. The number of ether oxygens (including phenoxy) is 1. The van der Waals surface area contributed by atoms with Crippen molar-refractivity contribution in [3.05, 3.63) is 18.2 Å². The van der Waals surface area contributed by atoms with E-state index in [1.807, 2.05) is 41.3 Å². The van der Waals surface area contributed by atoms with Gasteiger partial charge in [-0.05, 0) is 51.4 Å². The van der Waals surface area contributed by atoms with Crippen molar-refractivity contribution in [3.8, 4) is 0 Å². The SMILES string of the molecule is CC(C)(C)OC(=O)N1CCC(CN2Cc3nccn3CC2=O)C2(CCCC2)C1. The van der Waals surface area contributed by atoms with Crippen LogP contribution in [0.1, 0.15) is 58.7 Å². The maximum Gasteiger partial charge on any atom is 0.410 e. The fourth-order valence-corrected chi connectivity index (χ4v) is 5.19. The normalized spacial score (nSPS) is 24.5. The number of likely N-dealkylation sites (tertiary alicyclic amines) is 1. The van der Waals surface area contributed by atoms with Crippen molar-refractivity contribution in [2.24, 2.45) is 11.3 Å². The fraction of sp³-hybridized carbons (Fsp3) is 0.762. The van der Waals surface area contributed by atoms with Gasteiger partial charge in [-0.3, -0.25) is 4.79 Å². The Morgan fingerprint density at radius 2 is 2.04 bits per heavy atom. The van der Waals surface area contributed by atoms with Crippen molar-refractivity contribution in [1.82, 2.24) is 19.4 Å². The summed E-state index contributed by atoms with van der Waals surface area (Å²) in [6.45, 7) is 8.95. The number of nitrogens with zero attached hydrogens (tertiary/aromatic N) is 4. The minimum absolute atomic E-state index is 0.113. The first-order valence-corrected chi connectivity index (χ1v) is 10.5. The Morgan fingerprint density at radius 3 is 2.75 bits per heavy atom. The van der Waals surface area contributed by atoms with Gasteiger partial charge in [0.15, 0.2) is 0 Å². The Balaban J connectivity index is 1.46. The molecule has 1 aromatic rings. The monoisotopic (exact) mass is 388 g/mol. The molecule has 1 spiro atoms. The molecule has 154 valence electrons. The summed E-state index contributed by atoms with van der Waals surface area (Å²) < 4.78 is 7.56. The van der Waals surface area contributed by atoms with Gasteiger partial charge in [0.2, 0.25) is 5.91 Å². The highest BCUT2D eigenvalue weighted by Crippen LogP contribution is 2.49. The summed E-state index contributed by atoms with van der Waals surface area (Å²) in [6.07, 6.45) is 9.05. The number of amides is 2. The van der Waals surface area contributed by atoms with Crippen molar-refractivity contribution < 1.29 is 14.3 Å². The van der Waals surface area contributed by atoms with Gasteiger partial charge in [-0.1, -0.05) is 12.8 Å². The van der Waals surface area contributed by atoms with Crippen LogP contribution in [0.25, 0.3) is 0 Å². The van der Waals surface area contributed by atoms with Gasteiger partial charge in [0.1, 0.15) is 18.0 Å². The molecule has 3 heterocycles. The summed E-state index contributed by atoms with van der Waals surface area (Å²) >= 11 is 0. The molecule has 1 aliphatic carbocycles. The Hall–Kier alpha value is -2.05. The van der Waals surface area contributed by atoms with Gasteiger partial charge < -0.3 is 19.1 Å². The number of hydrogen-bond donors (Lipinski definition) is 0. The molecule has 2 amide bonds. The van der Waals surface area contributed by atoms with Crippen LogP contribution in [0, 0.1) is 11.3 Å². The molecule has 0 bridgehead atoms. The average Bonchev–Trinajstić information content (AvgIpc) is 3.25. The molecule has 1 aromatic heterocycles. The number of carbonyl (C=O) groups excluding carboxylic acids is 2. The number of fused-ring (bicyclic) bond motifs is 1. The second kappa shape index (κ2) is 7.08. The van der Waals surface area contributed by atoms with E-state index >= 15 is 0 Å². The van der Waals surface area contributed by atoms with Crippen LogP contribution < -0.4 is 0 Å². The first-order valence-electron chi connectivity index (χ1n) is 10.5. The fourth-order valence-electron chi connectivity index (χ4n) is 5.19. The lowest BCUT2D eigenvalue weighted by Gasteiger charge is -2.48. The third-order valence-electron chi connectivity index (χ3n) is 6.60. The van der Waals surface area contributed by atoms with Gasteiger partial charge in [-0.15, -0.1) is 0 Å². The smallest absolute Gasteiger partial charge is 0.410 e. The van der Waals surface area contributed by atoms with Gasteiger partial charge >= 0.3 is 6.09 Å². The van der Waals surface area contributed by atoms with Crippen LogP contribution in [0.3, 0.4) is 0 Å². The van der Waals surface area contributed by atoms with E-state index in [0.29, 0.717) is 25.6 Å². The van der Waals surface area contributed by atoms with E-state index in [4.69, 9.17) is 4.74 Å². The molecule has 0 aromatic carbocycles. The molecule has 2 fully saturated rings. The van der Waals surface area contributed by atoms with Crippen LogP contribution in [0.5, 0.6) is 0 Å². The molecule has 2 aliphatic heterocycles. The van der Waals surface area contributed by atoms with Crippen LogP contribution >= 0.6 is 0 Å². The Kier molecular flexibility index (Phi) is 4.88.